The van der Waals surface area contributed by atoms with Crippen molar-refractivity contribution in [1.82, 2.24) is 4.90 Å². The van der Waals surface area contributed by atoms with Gasteiger partial charge in [0.15, 0.2) is 9.84 Å². The molecule has 1 rings (SSSR count). The number of sulfone groups is 1. The predicted molar refractivity (Wildman–Crippen MR) is 98.1 cm³/mol. The van der Waals surface area contributed by atoms with Crippen LogP contribution in [0.5, 0.6) is 0 Å². The van der Waals surface area contributed by atoms with Crippen molar-refractivity contribution >= 4 is 27.7 Å². The van der Waals surface area contributed by atoms with E-state index in [-0.39, 0.29) is 22.9 Å². The van der Waals surface area contributed by atoms with Gasteiger partial charge in [-0.15, -0.1) is 0 Å². The molecule has 1 aromatic rings. The number of ether oxygens (including phenoxy) is 1. The molecule has 1 aromatic carbocycles. The van der Waals surface area contributed by atoms with E-state index < -0.39 is 27.6 Å². The van der Waals surface area contributed by atoms with Gasteiger partial charge in [0.05, 0.1) is 17.2 Å². The zero-order valence-electron chi connectivity index (χ0n) is 15.7. The summed E-state index contributed by atoms with van der Waals surface area (Å²) < 4.78 is 30.3. The van der Waals surface area contributed by atoms with Crippen molar-refractivity contribution in [2.24, 2.45) is 0 Å². The number of anilines is 1. The fourth-order valence-corrected chi connectivity index (χ4v) is 3.80. The zero-order chi connectivity index (χ0) is 20.1. The summed E-state index contributed by atoms with van der Waals surface area (Å²) in [5.74, 6) is -0.0398. The van der Waals surface area contributed by atoms with E-state index in [1.54, 1.807) is 27.7 Å². The van der Waals surface area contributed by atoms with E-state index in [0.717, 1.165) is 0 Å². The van der Waals surface area contributed by atoms with Gasteiger partial charge < -0.3 is 14.7 Å². The number of carbonyl (C=O) groups excluding carboxylic acids is 1. The van der Waals surface area contributed by atoms with Crippen molar-refractivity contribution in [2.75, 3.05) is 18.1 Å². The molecule has 26 heavy (non-hydrogen) atoms. The molecule has 0 aliphatic heterocycles. The summed E-state index contributed by atoms with van der Waals surface area (Å²) in [7, 11) is -2.06. The van der Waals surface area contributed by atoms with Gasteiger partial charge in [0.1, 0.15) is 5.60 Å². The second kappa shape index (κ2) is 8.39. The largest absolute Gasteiger partial charge is 0.465 e. The average molecular weight is 386 g/mol. The maximum absolute atomic E-state index is 12.5. The first-order valence-corrected chi connectivity index (χ1v) is 9.80. The average Bonchev–Trinajstić information content (AvgIpc) is 2.44. The SMILES string of the molecule is CCCS(=O)(=O)c1ccc(NC(=O)O)cc1CN(C)C(=O)OC(C)(C)C. The summed E-state index contributed by atoms with van der Waals surface area (Å²) in [5.41, 5.74) is -0.145. The van der Waals surface area contributed by atoms with Gasteiger partial charge in [-0.3, -0.25) is 5.32 Å². The molecule has 0 fully saturated rings. The van der Waals surface area contributed by atoms with Crippen molar-refractivity contribution < 1.29 is 27.9 Å². The second-order valence-electron chi connectivity index (χ2n) is 6.91. The number of rotatable bonds is 6. The van der Waals surface area contributed by atoms with E-state index in [4.69, 9.17) is 9.84 Å². The topological polar surface area (TPSA) is 113 Å². The van der Waals surface area contributed by atoms with Crippen LogP contribution in [0.1, 0.15) is 39.7 Å². The van der Waals surface area contributed by atoms with Gasteiger partial charge in [-0.05, 0) is 51.0 Å². The molecule has 0 saturated heterocycles. The first kappa shape index (κ1) is 21.8. The van der Waals surface area contributed by atoms with Crippen molar-refractivity contribution in [3.05, 3.63) is 23.8 Å². The van der Waals surface area contributed by atoms with Crippen LogP contribution in [-0.2, 0) is 21.1 Å². The Balaban J connectivity index is 3.23. The zero-order valence-corrected chi connectivity index (χ0v) is 16.5. The van der Waals surface area contributed by atoms with Gasteiger partial charge in [0, 0.05) is 12.7 Å². The van der Waals surface area contributed by atoms with Crippen LogP contribution in [0, 0.1) is 0 Å². The first-order chi connectivity index (χ1) is 11.9. The normalized spacial score (nSPS) is 11.7. The van der Waals surface area contributed by atoms with Crippen LogP contribution < -0.4 is 5.32 Å². The molecule has 0 unspecified atom stereocenters. The number of benzene rings is 1. The molecule has 0 aliphatic rings. The third-order valence-electron chi connectivity index (χ3n) is 3.23. The molecule has 0 saturated carbocycles. The Kier molecular flexibility index (Phi) is 7.02. The standard InChI is InChI=1S/C17H26N2O6S/c1-6-9-26(23,24)14-8-7-13(18-15(20)21)10-12(14)11-19(5)16(22)25-17(2,3)4/h7-8,10,18H,6,9,11H2,1-5H3,(H,20,21). The van der Waals surface area contributed by atoms with E-state index in [1.165, 1.54) is 30.1 Å². The minimum atomic E-state index is -3.55. The molecule has 8 nitrogen and oxygen atoms in total. The number of nitrogens with zero attached hydrogens (tertiary/aromatic N) is 1. The van der Waals surface area contributed by atoms with Crippen molar-refractivity contribution in [2.45, 2.75) is 51.2 Å². The summed E-state index contributed by atoms with van der Waals surface area (Å²) in [5, 5.41) is 11.0. The molecule has 2 N–H and O–H groups in total. The molecular weight excluding hydrogens is 360 g/mol. The van der Waals surface area contributed by atoms with E-state index in [0.29, 0.717) is 12.0 Å². The maximum Gasteiger partial charge on any atom is 0.410 e. The highest BCUT2D eigenvalue weighted by atomic mass is 32.2. The predicted octanol–water partition coefficient (Wildman–Crippen LogP) is 3.33. The molecule has 0 aromatic heterocycles. The van der Waals surface area contributed by atoms with Gasteiger partial charge in [0.25, 0.3) is 0 Å². The van der Waals surface area contributed by atoms with E-state index in [2.05, 4.69) is 5.32 Å². The summed E-state index contributed by atoms with van der Waals surface area (Å²) in [6, 6.07) is 4.15. The molecule has 0 spiro atoms. The fraction of sp³-hybridized carbons (Fsp3) is 0.529. The Morgan fingerprint density at radius 2 is 1.88 bits per heavy atom. The highest BCUT2D eigenvalue weighted by molar-refractivity contribution is 7.91. The van der Waals surface area contributed by atoms with Crippen molar-refractivity contribution in [3.63, 3.8) is 0 Å². The number of hydrogen-bond acceptors (Lipinski definition) is 5. The summed E-state index contributed by atoms with van der Waals surface area (Å²) in [6.45, 7) is 6.90. The fourth-order valence-electron chi connectivity index (χ4n) is 2.25. The first-order valence-electron chi connectivity index (χ1n) is 8.15. The summed E-state index contributed by atoms with van der Waals surface area (Å²) >= 11 is 0. The highest BCUT2D eigenvalue weighted by Gasteiger charge is 2.23. The van der Waals surface area contributed by atoms with Crippen LogP contribution in [0.15, 0.2) is 23.1 Å². The lowest BCUT2D eigenvalue weighted by Gasteiger charge is -2.25. The van der Waals surface area contributed by atoms with E-state index >= 15 is 0 Å². The Hall–Kier alpha value is -2.29. The van der Waals surface area contributed by atoms with E-state index in [1.807, 2.05) is 0 Å². The van der Waals surface area contributed by atoms with Crippen LogP contribution in [-0.4, -0.2) is 49.0 Å². The van der Waals surface area contributed by atoms with Gasteiger partial charge in [-0.1, -0.05) is 6.92 Å². The second-order valence-corrected chi connectivity index (χ2v) is 8.99. The van der Waals surface area contributed by atoms with Gasteiger partial charge in [0.2, 0.25) is 0 Å². The molecule has 9 heteroatoms. The monoisotopic (exact) mass is 386 g/mol. The Labute approximate surface area is 154 Å². The molecule has 146 valence electrons. The number of carboxylic acid groups (broad SMARTS) is 1. The van der Waals surface area contributed by atoms with Crippen molar-refractivity contribution in [3.8, 4) is 0 Å². The van der Waals surface area contributed by atoms with Crippen molar-refractivity contribution in [1.29, 1.82) is 0 Å². The molecular formula is C17H26N2O6S. The molecule has 0 aliphatic carbocycles. The highest BCUT2D eigenvalue weighted by Crippen LogP contribution is 2.24. The Morgan fingerprint density at radius 1 is 1.27 bits per heavy atom. The maximum atomic E-state index is 12.5. The minimum absolute atomic E-state index is 0.0394. The van der Waals surface area contributed by atoms with Crippen LogP contribution in [0.2, 0.25) is 0 Å². The van der Waals surface area contributed by atoms with Gasteiger partial charge in [-0.25, -0.2) is 18.0 Å². The van der Waals surface area contributed by atoms with Gasteiger partial charge >= 0.3 is 12.2 Å². The van der Waals surface area contributed by atoms with Gasteiger partial charge in [-0.2, -0.15) is 0 Å². The Bertz CT molecular complexity index is 768. The number of hydrogen-bond donors (Lipinski definition) is 2. The quantitative estimate of drug-likeness (QED) is 0.775. The number of carbonyl (C=O) groups is 2. The molecule has 0 atom stereocenters. The van der Waals surface area contributed by atoms with Crippen LogP contribution >= 0.6 is 0 Å². The molecule has 2 amide bonds. The molecule has 0 radical (unpaired) electrons. The Morgan fingerprint density at radius 3 is 2.38 bits per heavy atom. The number of amides is 2. The van der Waals surface area contributed by atoms with Crippen LogP contribution in [0.3, 0.4) is 0 Å². The van der Waals surface area contributed by atoms with Crippen LogP contribution in [0.4, 0.5) is 15.3 Å². The van der Waals surface area contributed by atoms with Crippen LogP contribution in [0.25, 0.3) is 0 Å². The lowest BCUT2D eigenvalue weighted by molar-refractivity contribution is 0.0283. The third-order valence-corrected chi connectivity index (χ3v) is 5.25. The number of nitrogens with one attached hydrogen (secondary N) is 1. The third kappa shape index (κ3) is 6.55. The lowest BCUT2D eigenvalue weighted by atomic mass is 10.2. The molecule has 0 bridgehead atoms. The smallest absolute Gasteiger partial charge is 0.410 e. The lowest BCUT2D eigenvalue weighted by Crippen LogP contribution is -2.34. The summed E-state index contributed by atoms with van der Waals surface area (Å²) in [6.07, 6.45) is -1.42. The minimum Gasteiger partial charge on any atom is -0.465 e. The van der Waals surface area contributed by atoms with E-state index in [9.17, 15) is 18.0 Å². The molecule has 0 heterocycles. The summed E-state index contributed by atoms with van der Waals surface area (Å²) in [4.78, 5) is 24.3.